The molecule has 2 rings (SSSR count). The van der Waals surface area contributed by atoms with E-state index in [0.717, 1.165) is 23.5 Å². The Labute approximate surface area is 142 Å². The van der Waals surface area contributed by atoms with Crippen LogP contribution in [-0.2, 0) is 0 Å². The standard InChI is InChI=1S/C16H24N2S3/c1-3-21-13-8-6-7-12(14(13)15(17)19)18-11-16(20-2)9-4-5-10-16/h6-8,18H,3-5,9-11H2,1-2H3,(H2,17,19). The van der Waals surface area contributed by atoms with Crippen LogP contribution in [0.2, 0.25) is 0 Å². The molecule has 1 aromatic rings. The third kappa shape index (κ3) is 4.08. The summed E-state index contributed by atoms with van der Waals surface area (Å²) >= 11 is 9.07. The zero-order valence-electron chi connectivity index (χ0n) is 12.8. The molecule has 0 aromatic heterocycles. The van der Waals surface area contributed by atoms with Gasteiger partial charge >= 0.3 is 0 Å². The van der Waals surface area contributed by atoms with Crippen LogP contribution in [0.3, 0.4) is 0 Å². The van der Waals surface area contributed by atoms with Crippen LogP contribution in [0.4, 0.5) is 5.69 Å². The highest BCUT2D eigenvalue weighted by Gasteiger charge is 2.32. The molecule has 116 valence electrons. The molecule has 0 saturated heterocycles. The average Bonchev–Trinajstić information content (AvgIpc) is 2.95. The molecular formula is C16H24N2S3. The first-order chi connectivity index (χ1) is 10.1. The van der Waals surface area contributed by atoms with Gasteiger partial charge in [-0.1, -0.05) is 38.0 Å². The molecule has 0 heterocycles. The van der Waals surface area contributed by atoms with Crippen molar-refractivity contribution in [3.63, 3.8) is 0 Å². The highest BCUT2D eigenvalue weighted by molar-refractivity contribution is 8.00. The molecule has 0 spiro atoms. The van der Waals surface area contributed by atoms with Crippen molar-refractivity contribution in [2.24, 2.45) is 5.73 Å². The lowest BCUT2D eigenvalue weighted by molar-refractivity contribution is 0.640. The zero-order valence-corrected chi connectivity index (χ0v) is 15.2. The minimum Gasteiger partial charge on any atom is -0.389 e. The first-order valence-electron chi connectivity index (χ1n) is 7.46. The minimum absolute atomic E-state index is 0.376. The van der Waals surface area contributed by atoms with Gasteiger partial charge in [-0.2, -0.15) is 11.8 Å². The molecule has 0 unspecified atom stereocenters. The minimum atomic E-state index is 0.376. The Morgan fingerprint density at radius 1 is 1.38 bits per heavy atom. The van der Waals surface area contributed by atoms with E-state index in [0.29, 0.717) is 9.74 Å². The summed E-state index contributed by atoms with van der Waals surface area (Å²) in [5.41, 5.74) is 8.06. The van der Waals surface area contributed by atoms with Crippen LogP contribution in [0.15, 0.2) is 23.1 Å². The van der Waals surface area contributed by atoms with Gasteiger partial charge in [-0.15, -0.1) is 11.8 Å². The maximum Gasteiger partial charge on any atom is 0.107 e. The highest BCUT2D eigenvalue weighted by atomic mass is 32.2. The Hall–Kier alpha value is -0.390. The van der Waals surface area contributed by atoms with E-state index in [1.807, 2.05) is 11.8 Å². The molecule has 1 fully saturated rings. The lowest BCUT2D eigenvalue weighted by Gasteiger charge is -2.28. The Morgan fingerprint density at radius 3 is 2.67 bits per heavy atom. The van der Waals surface area contributed by atoms with Gasteiger partial charge in [-0.05, 0) is 37.0 Å². The van der Waals surface area contributed by atoms with Crippen LogP contribution in [-0.4, -0.2) is 28.3 Å². The molecular weight excluding hydrogens is 316 g/mol. The molecule has 0 aliphatic heterocycles. The van der Waals surface area contributed by atoms with E-state index in [4.69, 9.17) is 18.0 Å². The summed E-state index contributed by atoms with van der Waals surface area (Å²) in [6.07, 6.45) is 7.51. The number of nitrogens with two attached hydrogens (primary N) is 1. The summed E-state index contributed by atoms with van der Waals surface area (Å²) in [4.78, 5) is 1.67. The van der Waals surface area contributed by atoms with Crippen molar-refractivity contribution in [1.29, 1.82) is 0 Å². The fourth-order valence-electron chi connectivity index (χ4n) is 2.94. The third-order valence-corrected chi connectivity index (χ3v) is 6.68. The summed E-state index contributed by atoms with van der Waals surface area (Å²) in [5, 5.41) is 3.63. The normalized spacial score (nSPS) is 16.9. The number of anilines is 1. The topological polar surface area (TPSA) is 38.0 Å². The Balaban J connectivity index is 2.19. The van der Waals surface area contributed by atoms with Crippen LogP contribution in [0, 0.1) is 0 Å². The van der Waals surface area contributed by atoms with Crippen molar-refractivity contribution in [3.05, 3.63) is 23.8 Å². The second-order valence-corrected chi connectivity index (χ2v) is 8.44. The lowest BCUT2D eigenvalue weighted by Crippen LogP contribution is -2.30. The molecule has 0 radical (unpaired) electrons. The van der Waals surface area contributed by atoms with Crippen LogP contribution in [0.5, 0.6) is 0 Å². The Kier molecular flexibility index (Phi) is 6.26. The number of thiocarbonyl (C=S) groups is 1. The second-order valence-electron chi connectivity index (χ2n) is 5.42. The largest absolute Gasteiger partial charge is 0.389 e. The predicted octanol–water partition coefficient (Wildman–Crippen LogP) is 4.52. The molecule has 1 aliphatic carbocycles. The van der Waals surface area contributed by atoms with Crippen LogP contribution < -0.4 is 11.1 Å². The van der Waals surface area contributed by atoms with Gasteiger partial charge in [-0.25, -0.2) is 0 Å². The number of hydrogen-bond acceptors (Lipinski definition) is 4. The number of rotatable bonds is 7. The van der Waals surface area contributed by atoms with Crippen molar-refractivity contribution in [3.8, 4) is 0 Å². The van der Waals surface area contributed by atoms with Gasteiger partial charge in [-0.3, -0.25) is 0 Å². The number of hydrogen-bond donors (Lipinski definition) is 2. The van der Waals surface area contributed by atoms with Gasteiger partial charge in [0.25, 0.3) is 0 Å². The third-order valence-electron chi connectivity index (χ3n) is 4.12. The van der Waals surface area contributed by atoms with Crippen molar-refractivity contribution in [1.82, 2.24) is 0 Å². The molecule has 0 bridgehead atoms. The fourth-order valence-corrected chi connectivity index (χ4v) is 4.99. The van der Waals surface area contributed by atoms with Crippen LogP contribution >= 0.6 is 35.7 Å². The van der Waals surface area contributed by atoms with Crippen molar-refractivity contribution < 1.29 is 0 Å². The molecule has 0 atom stereocenters. The monoisotopic (exact) mass is 340 g/mol. The molecule has 1 aliphatic rings. The van der Waals surface area contributed by atoms with E-state index in [9.17, 15) is 0 Å². The summed E-state index contributed by atoms with van der Waals surface area (Å²) in [5.74, 6) is 1.02. The Morgan fingerprint density at radius 2 is 2.10 bits per heavy atom. The van der Waals surface area contributed by atoms with E-state index in [1.54, 1.807) is 11.8 Å². The number of benzene rings is 1. The van der Waals surface area contributed by atoms with Crippen LogP contribution in [0.25, 0.3) is 0 Å². The first-order valence-corrected chi connectivity index (χ1v) is 10.1. The van der Waals surface area contributed by atoms with Crippen molar-refractivity contribution in [2.75, 3.05) is 23.9 Å². The zero-order chi connectivity index (χ0) is 15.3. The quantitative estimate of drug-likeness (QED) is 0.564. The van der Waals surface area contributed by atoms with Crippen molar-refractivity contribution >= 4 is 46.4 Å². The molecule has 3 N–H and O–H groups in total. The summed E-state index contributed by atoms with van der Waals surface area (Å²) in [6, 6.07) is 6.29. The smallest absolute Gasteiger partial charge is 0.107 e. The molecule has 21 heavy (non-hydrogen) atoms. The Bertz CT molecular complexity index is 496. The number of nitrogens with one attached hydrogen (secondary N) is 1. The van der Waals surface area contributed by atoms with Gasteiger partial charge in [0.15, 0.2) is 0 Å². The average molecular weight is 341 g/mol. The van der Waals surface area contributed by atoms with E-state index in [2.05, 4.69) is 36.7 Å². The van der Waals surface area contributed by atoms with E-state index < -0.39 is 0 Å². The highest BCUT2D eigenvalue weighted by Crippen LogP contribution is 2.40. The maximum atomic E-state index is 5.97. The van der Waals surface area contributed by atoms with E-state index in [-0.39, 0.29) is 0 Å². The molecule has 1 aromatic carbocycles. The first kappa shape index (κ1) is 17.0. The molecule has 2 nitrogen and oxygen atoms in total. The summed E-state index contributed by atoms with van der Waals surface area (Å²) in [7, 11) is 0. The van der Waals surface area contributed by atoms with E-state index in [1.165, 1.54) is 30.6 Å². The van der Waals surface area contributed by atoms with E-state index >= 15 is 0 Å². The van der Waals surface area contributed by atoms with Crippen LogP contribution in [0.1, 0.15) is 38.2 Å². The summed E-state index contributed by atoms with van der Waals surface area (Å²) < 4.78 is 0.376. The van der Waals surface area contributed by atoms with Crippen molar-refractivity contribution in [2.45, 2.75) is 42.2 Å². The molecule has 5 heteroatoms. The van der Waals surface area contributed by atoms with Gasteiger partial charge in [0, 0.05) is 27.4 Å². The maximum absolute atomic E-state index is 5.97. The summed E-state index contributed by atoms with van der Waals surface area (Å²) in [6.45, 7) is 3.14. The number of thioether (sulfide) groups is 2. The molecule has 1 saturated carbocycles. The second kappa shape index (κ2) is 7.75. The molecule has 0 amide bonds. The van der Waals surface area contributed by atoms with Gasteiger partial charge in [0.1, 0.15) is 4.99 Å². The van der Waals surface area contributed by atoms with Gasteiger partial charge in [0.2, 0.25) is 0 Å². The fraction of sp³-hybridized carbons (Fsp3) is 0.562. The SMILES string of the molecule is CCSc1cccc(NCC2(SC)CCCC2)c1C(N)=S. The van der Waals surface area contributed by atoms with Gasteiger partial charge in [0.05, 0.1) is 0 Å². The predicted molar refractivity (Wildman–Crippen MR) is 102 cm³/mol. The van der Waals surface area contributed by atoms with Gasteiger partial charge < -0.3 is 11.1 Å². The lowest BCUT2D eigenvalue weighted by atomic mass is 10.1.